The minimum atomic E-state index is -0.205. The number of hydrogen-bond donors (Lipinski definition) is 0. The second kappa shape index (κ2) is 6.61. The predicted molar refractivity (Wildman–Crippen MR) is 97.8 cm³/mol. The van der Waals surface area contributed by atoms with Gasteiger partial charge in [0.15, 0.2) is 4.80 Å². The van der Waals surface area contributed by atoms with E-state index in [1.165, 1.54) is 11.3 Å². The largest absolute Gasteiger partial charge is 0.494 e. The highest BCUT2D eigenvalue weighted by Gasteiger charge is 2.10. The monoisotopic (exact) mass is 340 g/mol. The molecular weight excluding hydrogens is 320 g/mol. The molecule has 1 heterocycles. The number of aryl methyl sites for hydroxylation is 3. The summed E-state index contributed by atoms with van der Waals surface area (Å²) in [6, 6.07) is 11.8. The third-order valence-electron chi connectivity index (χ3n) is 3.91. The van der Waals surface area contributed by atoms with Crippen LogP contribution in [0.25, 0.3) is 10.2 Å². The van der Waals surface area contributed by atoms with Gasteiger partial charge in [0.1, 0.15) is 5.75 Å². The van der Waals surface area contributed by atoms with Gasteiger partial charge in [-0.15, -0.1) is 0 Å². The van der Waals surface area contributed by atoms with Gasteiger partial charge in [-0.25, -0.2) is 0 Å². The van der Waals surface area contributed by atoms with Crippen LogP contribution in [0.4, 0.5) is 0 Å². The summed E-state index contributed by atoms with van der Waals surface area (Å²) < 4.78 is 8.54. The quantitative estimate of drug-likeness (QED) is 0.723. The smallest absolute Gasteiger partial charge is 0.279 e. The molecule has 4 nitrogen and oxygen atoms in total. The van der Waals surface area contributed by atoms with Crippen LogP contribution in [0.15, 0.2) is 41.4 Å². The van der Waals surface area contributed by atoms with Crippen molar-refractivity contribution in [1.29, 1.82) is 0 Å². The van der Waals surface area contributed by atoms with Crippen molar-refractivity contribution in [2.24, 2.45) is 12.0 Å². The van der Waals surface area contributed by atoms with E-state index in [-0.39, 0.29) is 5.91 Å². The van der Waals surface area contributed by atoms with Crippen molar-refractivity contribution < 1.29 is 9.53 Å². The summed E-state index contributed by atoms with van der Waals surface area (Å²) in [4.78, 5) is 17.6. The van der Waals surface area contributed by atoms with Crippen molar-refractivity contribution in [1.82, 2.24) is 4.57 Å². The van der Waals surface area contributed by atoms with E-state index in [0.717, 1.165) is 27.1 Å². The number of carbonyl (C=O) groups is 1. The molecule has 0 atom stereocenters. The lowest BCUT2D eigenvalue weighted by atomic mass is 10.1. The van der Waals surface area contributed by atoms with Crippen molar-refractivity contribution in [2.75, 3.05) is 6.61 Å². The van der Waals surface area contributed by atoms with Gasteiger partial charge in [-0.2, -0.15) is 4.99 Å². The zero-order valence-corrected chi connectivity index (χ0v) is 15.1. The Balaban J connectivity index is 2.07. The first-order valence-corrected chi connectivity index (χ1v) is 8.70. The number of ether oxygens (including phenoxy) is 1. The van der Waals surface area contributed by atoms with Crippen LogP contribution in [0.1, 0.15) is 28.4 Å². The van der Waals surface area contributed by atoms with E-state index in [1.807, 2.05) is 68.8 Å². The maximum atomic E-state index is 12.6. The summed E-state index contributed by atoms with van der Waals surface area (Å²) in [5.74, 6) is 0.627. The van der Waals surface area contributed by atoms with Crippen LogP contribution in [0, 0.1) is 13.8 Å². The number of benzene rings is 2. The normalized spacial score (nSPS) is 11.9. The fourth-order valence-electron chi connectivity index (χ4n) is 2.59. The molecule has 0 N–H and O–H groups in total. The molecule has 1 amide bonds. The first kappa shape index (κ1) is 16.5. The lowest BCUT2D eigenvalue weighted by molar-refractivity contribution is 0.0997. The number of hydrogen-bond acceptors (Lipinski definition) is 3. The van der Waals surface area contributed by atoms with Crippen LogP contribution >= 0.6 is 11.3 Å². The number of amides is 1. The fraction of sp³-hybridized carbons (Fsp3) is 0.263. The topological polar surface area (TPSA) is 43.6 Å². The summed E-state index contributed by atoms with van der Waals surface area (Å²) in [5, 5.41) is 0. The first-order valence-electron chi connectivity index (χ1n) is 7.88. The third-order valence-corrected chi connectivity index (χ3v) is 5.01. The molecule has 0 aliphatic heterocycles. The molecule has 0 aliphatic carbocycles. The summed E-state index contributed by atoms with van der Waals surface area (Å²) in [6.45, 7) is 6.50. The number of fused-ring (bicyclic) bond motifs is 1. The fourth-order valence-corrected chi connectivity index (χ4v) is 3.64. The summed E-state index contributed by atoms with van der Waals surface area (Å²) in [6.07, 6.45) is 0. The Hall–Kier alpha value is -2.40. The SMILES string of the molecule is CCOc1ccc2c(c1)sc(=NC(=O)c1cc(C)ccc1C)n2C. The van der Waals surface area contributed by atoms with E-state index in [2.05, 4.69) is 4.99 Å². The Labute approximate surface area is 145 Å². The van der Waals surface area contributed by atoms with Gasteiger partial charge in [0.2, 0.25) is 0 Å². The summed E-state index contributed by atoms with van der Waals surface area (Å²) in [5.41, 5.74) is 3.69. The van der Waals surface area contributed by atoms with Gasteiger partial charge in [0.25, 0.3) is 5.91 Å². The predicted octanol–water partition coefficient (Wildman–Crippen LogP) is 4.00. The van der Waals surface area contributed by atoms with E-state index < -0.39 is 0 Å². The molecule has 2 aromatic carbocycles. The highest BCUT2D eigenvalue weighted by molar-refractivity contribution is 7.16. The van der Waals surface area contributed by atoms with Crippen molar-refractivity contribution in [3.63, 3.8) is 0 Å². The Morgan fingerprint density at radius 2 is 2.00 bits per heavy atom. The molecular formula is C19H20N2O2S. The second-order valence-electron chi connectivity index (χ2n) is 5.74. The van der Waals surface area contributed by atoms with Crippen molar-refractivity contribution in [3.05, 3.63) is 57.9 Å². The van der Waals surface area contributed by atoms with Gasteiger partial charge in [-0.05, 0) is 50.6 Å². The molecule has 3 aromatic rings. The zero-order valence-electron chi connectivity index (χ0n) is 14.3. The molecule has 0 radical (unpaired) electrons. The first-order chi connectivity index (χ1) is 11.5. The average molecular weight is 340 g/mol. The Bertz CT molecular complexity index is 983. The molecule has 0 saturated carbocycles. The molecule has 1 aromatic heterocycles. The Kier molecular flexibility index (Phi) is 4.53. The van der Waals surface area contributed by atoms with Gasteiger partial charge in [0.05, 0.1) is 16.8 Å². The highest BCUT2D eigenvalue weighted by Crippen LogP contribution is 2.23. The van der Waals surface area contributed by atoms with E-state index in [4.69, 9.17) is 4.74 Å². The van der Waals surface area contributed by atoms with Gasteiger partial charge in [0, 0.05) is 12.6 Å². The number of rotatable bonds is 3. The van der Waals surface area contributed by atoms with Gasteiger partial charge in [-0.3, -0.25) is 4.79 Å². The van der Waals surface area contributed by atoms with E-state index >= 15 is 0 Å². The van der Waals surface area contributed by atoms with Gasteiger partial charge < -0.3 is 9.30 Å². The van der Waals surface area contributed by atoms with Gasteiger partial charge >= 0.3 is 0 Å². The molecule has 0 aliphatic rings. The molecule has 24 heavy (non-hydrogen) atoms. The number of thiazole rings is 1. The lowest BCUT2D eigenvalue weighted by Gasteiger charge is -2.03. The molecule has 124 valence electrons. The molecule has 0 saturated heterocycles. The Morgan fingerprint density at radius 1 is 1.21 bits per heavy atom. The van der Waals surface area contributed by atoms with Crippen molar-refractivity contribution >= 4 is 27.5 Å². The van der Waals surface area contributed by atoms with E-state index in [0.29, 0.717) is 17.0 Å². The maximum absolute atomic E-state index is 12.6. The second-order valence-corrected chi connectivity index (χ2v) is 6.75. The minimum absolute atomic E-state index is 0.205. The summed E-state index contributed by atoms with van der Waals surface area (Å²) in [7, 11) is 1.92. The standard InChI is InChI=1S/C19H20N2O2S/c1-5-23-14-8-9-16-17(11-14)24-19(21(16)4)20-18(22)15-10-12(2)6-7-13(15)3/h6-11H,5H2,1-4H3. The number of carbonyl (C=O) groups excluding carboxylic acids is 1. The van der Waals surface area contributed by atoms with Crippen LogP contribution in [0.3, 0.4) is 0 Å². The number of nitrogens with zero attached hydrogens (tertiary/aromatic N) is 2. The molecule has 5 heteroatoms. The lowest BCUT2D eigenvalue weighted by Crippen LogP contribution is -2.13. The number of aromatic nitrogens is 1. The van der Waals surface area contributed by atoms with Crippen LogP contribution in [0.5, 0.6) is 5.75 Å². The Morgan fingerprint density at radius 3 is 2.75 bits per heavy atom. The summed E-state index contributed by atoms with van der Waals surface area (Å²) >= 11 is 1.49. The maximum Gasteiger partial charge on any atom is 0.279 e. The third kappa shape index (κ3) is 3.12. The van der Waals surface area contributed by atoms with Crippen molar-refractivity contribution in [2.45, 2.75) is 20.8 Å². The van der Waals surface area contributed by atoms with Crippen LogP contribution in [-0.2, 0) is 7.05 Å². The molecule has 0 spiro atoms. The van der Waals surface area contributed by atoms with Crippen LogP contribution in [0.2, 0.25) is 0 Å². The molecule has 0 fully saturated rings. The van der Waals surface area contributed by atoms with E-state index in [9.17, 15) is 4.79 Å². The van der Waals surface area contributed by atoms with Crippen LogP contribution < -0.4 is 9.54 Å². The molecule has 0 unspecified atom stereocenters. The molecule has 3 rings (SSSR count). The highest BCUT2D eigenvalue weighted by atomic mass is 32.1. The van der Waals surface area contributed by atoms with E-state index in [1.54, 1.807) is 0 Å². The van der Waals surface area contributed by atoms with Crippen molar-refractivity contribution in [3.8, 4) is 5.75 Å². The van der Waals surface area contributed by atoms with Crippen LogP contribution in [-0.4, -0.2) is 17.1 Å². The zero-order chi connectivity index (χ0) is 17.3. The average Bonchev–Trinajstić information content (AvgIpc) is 2.85. The molecule has 0 bridgehead atoms. The van der Waals surface area contributed by atoms with Gasteiger partial charge in [-0.1, -0.05) is 29.0 Å². The minimum Gasteiger partial charge on any atom is -0.494 e.